The van der Waals surface area contributed by atoms with Crippen LogP contribution in [0.4, 0.5) is 13.9 Å². The summed E-state index contributed by atoms with van der Waals surface area (Å²) in [6.07, 6.45) is 0. The number of benzene rings is 2. The van der Waals surface area contributed by atoms with E-state index in [1.54, 1.807) is 0 Å². The second kappa shape index (κ2) is 11.2. The topological polar surface area (TPSA) is 83.1 Å². The van der Waals surface area contributed by atoms with E-state index in [0.29, 0.717) is 24.5 Å². The van der Waals surface area contributed by atoms with Crippen LogP contribution in [0.2, 0.25) is 0 Å². The van der Waals surface area contributed by atoms with Gasteiger partial charge in [0.15, 0.2) is 10.9 Å². The number of halogens is 3. The summed E-state index contributed by atoms with van der Waals surface area (Å²) < 4.78 is 60.4. The Labute approximate surface area is 212 Å². The Morgan fingerprint density at radius 3 is 2.40 bits per heavy atom. The van der Waals surface area contributed by atoms with E-state index in [1.807, 2.05) is 19.0 Å². The third-order valence-corrected chi connectivity index (χ3v) is 8.30. The third kappa shape index (κ3) is 5.96. The lowest BCUT2D eigenvalue weighted by molar-refractivity contribution is 0.0730. The van der Waals surface area contributed by atoms with Gasteiger partial charge in [0, 0.05) is 37.8 Å². The van der Waals surface area contributed by atoms with Gasteiger partial charge in [-0.25, -0.2) is 22.2 Å². The molecule has 1 fully saturated rings. The monoisotopic (exact) mass is 546 g/mol. The van der Waals surface area contributed by atoms with E-state index in [0.717, 1.165) is 17.4 Å². The van der Waals surface area contributed by atoms with Crippen LogP contribution >= 0.6 is 23.7 Å². The Morgan fingerprint density at radius 1 is 1.11 bits per heavy atom. The second-order valence-electron chi connectivity index (χ2n) is 8.03. The SMILES string of the molecule is CN(C)CCN(C(=O)c1ccc(S(=O)(=O)N2CCOCC2)cc1)c1nc2c(F)cc(F)cc2s1.Cl. The van der Waals surface area contributed by atoms with Crippen LogP contribution in [0.5, 0.6) is 0 Å². The van der Waals surface area contributed by atoms with Gasteiger partial charge >= 0.3 is 0 Å². The Hall–Kier alpha value is -2.22. The third-order valence-electron chi connectivity index (χ3n) is 5.36. The maximum absolute atomic E-state index is 14.2. The number of morpholine rings is 1. The molecule has 0 bridgehead atoms. The van der Waals surface area contributed by atoms with Crippen molar-refractivity contribution < 1.29 is 26.7 Å². The van der Waals surface area contributed by atoms with E-state index in [1.165, 1.54) is 39.5 Å². The number of carbonyl (C=O) groups excluding carboxylic acids is 1. The van der Waals surface area contributed by atoms with Crippen LogP contribution in [0.3, 0.4) is 0 Å². The number of likely N-dealkylation sites (N-methyl/N-ethyl adjacent to an activating group) is 1. The van der Waals surface area contributed by atoms with Gasteiger partial charge < -0.3 is 9.64 Å². The number of amides is 1. The zero-order chi connectivity index (χ0) is 24.5. The summed E-state index contributed by atoms with van der Waals surface area (Å²) in [4.78, 5) is 21.0. The standard InChI is InChI=1S/C22H24F2N4O4S2.ClH/c1-26(2)7-8-28(22-25-20-18(24)13-16(23)14-19(20)33-22)21(29)15-3-5-17(6-4-15)34(30,31)27-9-11-32-12-10-27;/h3-6,13-14H,7-12H2,1-2H3;1H. The zero-order valence-electron chi connectivity index (χ0n) is 19.1. The summed E-state index contributed by atoms with van der Waals surface area (Å²) in [6.45, 7) is 1.98. The molecule has 0 aliphatic carbocycles. The molecule has 8 nitrogen and oxygen atoms in total. The number of ether oxygens (including phenoxy) is 1. The molecule has 0 spiro atoms. The normalized spacial score (nSPS) is 14.8. The number of aromatic nitrogens is 1. The first-order valence-corrected chi connectivity index (χ1v) is 12.8. The van der Waals surface area contributed by atoms with Crippen molar-refractivity contribution in [2.75, 3.05) is 58.4 Å². The highest BCUT2D eigenvalue weighted by atomic mass is 35.5. The number of anilines is 1. The Balaban J connectivity index is 0.00000342. The minimum atomic E-state index is -3.69. The average molecular weight is 547 g/mol. The molecule has 3 aromatic rings. The Bertz CT molecular complexity index is 1300. The quantitative estimate of drug-likeness (QED) is 0.452. The van der Waals surface area contributed by atoms with Crippen LogP contribution in [-0.2, 0) is 14.8 Å². The summed E-state index contributed by atoms with van der Waals surface area (Å²) >= 11 is 1.02. The van der Waals surface area contributed by atoms with E-state index in [4.69, 9.17) is 4.74 Å². The van der Waals surface area contributed by atoms with Gasteiger partial charge in [0.25, 0.3) is 5.91 Å². The number of hydrogen-bond donors (Lipinski definition) is 0. The van der Waals surface area contributed by atoms with Crippen molar-refractivity contribution >= 4 is 55.0 Å². The molecule has 13 heteroatoms. The molecule has 1 saturated heterocycles. The van der Waals surface area contributed by atoms with E-state index in [-0.39, 0.29) is 53.1 Å². The maximum atomic E-state index is 14.2. The Kier molecular flexibility index (Phi) is 8.78. The molecule has 1 amide bonds. The highest BCUT2D eigenvalue weighted by molar-refractivity contribution is 7.89. The van der Waals surface area contributed by atoms with Gasteiger partial charge in [0.1, 0.15) is 11.3 Å². The Morgan fingerprint density at radius 2 is 1.77 bits per heavy atom. The van der Waals surface area contributed by atoms with Gasteiger partial charge in [-0.2, -0.15) is 4.31 Å². The molecule has 35 heavy (non-hydrogen) atoms. The highest BCUT2D eigenvalue weighted by Crippen LogP contribution is 2.32. The number of nitrogens with zero attached hydrogens (tertiary/aromatic N) is 4. The minimum absolute atomic E-state index is 0. The molecule has 0 unspecified atom stereocenters. The van der Waals surface area contributed by atoms with Crippen molar-refractivity contribution in [1.82, 2.24) is 14.2 Å². The molecule has 1 aromatic heterocycles. The fraction of sp³-hybridized carbons (Fsp3) is 0.364. The number of sulfonamides is 1. The second-order valence-corrected chi connectivity index (χ2v) is 11.0. The van der Waals surface area contributed by atoms with Gasteiger partial charge in [-0.15, -0.1) is 12.4 Å². The van der Waals surface area contributed by atoms with E-state index >= 15 is 0 Å². The molecule has 0 atom stereocenters. The maximum Gasteiger partial charge on any atom is 0.260 e. The van der Waals surface area contributed by atoms with Gasteiger partial charge in [-0.05, 0) is 44.4 Å². The lowest BCUT2D eigenvalue weighted by Crippen LogP contribution is -2.40. The highest BCUT2D eigenvalue weighted by Gasteiger charge is 2.27. The minimum Gasteiger partial charge on any atom is -0.379 e. The molecule has 1 aliphatic heterocycles. The van der Waals surface area contributed by atoms with Crippen molar-refractivity contribution in [3.8, 4) is 0 Å². The van der Waals surface area contributed by atoms with E-state index in [2.05, 4.69) is 4.98 Å². The van der Waals surface area contributed by atoms with Crippen LogP contribution in [0, 0.1) is 11.6 Å². The predicted molar refractivity (Wildman–Crippen MR) is 133 cm³/mol. The molecule has 4 rings (SSSR count). The van der Waals surface area contributed by atoms with Crippen LogP contribution in [0.1, 0.15) is 10.4 Å². The number of hydrogen-bond acceptors (Lipinski definition) is 7. The first-order chi connectivity index (χ1) is 16.2. The summed E-state index contributed by atoms with van der Waals surface area (Å²) in [5, 5.41) is 0.233. The van der Waals surface area contributed by atoms with Crippen molar-refractivity contribution in [3.63, 3.8) is 0 Å². The number of fused-ring (bicyclic) bond motifs is 1. The van der Waals surface area contributed by atoms with Crippen molar-refractivity contribution in [1.29, 1.82) is 0 Å². The molecule has 2 heterocycles. The van der Waals surface area contributed by atoms with Gasteiger partial charge in [0.2, 0.25) is 10.0 Å². The molecule has 0 N–H and O–H groups in total. The molecular formula is C22H25ClF2N4O4S2. The van der Waals surface area contributed by atoms with Gasteiger partial charge in [0.05, 0.1) is 22.8 Å². The number of rotatable bonds is 7. The predicted octanol–water partition coefficient (Wildman–Crippen LogP) is 3.23. The lowest BCUT2D eigenvalue weighted by Gasteiger charge is -2.26. The average Bonchev–Trinajstić information content (AvgIpc) is 3.23. The molecule has 0 saturated carbocycles. The lowest BCUT2D eigenvalue weighted by atomic mass is 10.2. The van der Waals surface area contributed by atoms with Crippen molar-refractivity contribution in [2.24, 2.45) is 0 Å². The molecule has 0 radical (unpaired) electrons. The van der Waals surface area contributed by atoms with Gasteiger partial charge in [-0.3, -0.25) is 9.69 Å². The van der Waals surface area contributed by atoms with Crippen LogP contribution in [0.25, 0.3) is 10.2 Å². The van der Waals surface area contributed by atoms with Gasteiger partial charge in [-0.1, -0.05) is 11.3 Å². The van der Waals surface area contributed by atoms with Crippen LogP contribution in [-0.4, -0.2) is 82.0 Å². The fourth-order valence-electron chi connectivity index (χ4n) is 3.51. The largest absolute Gasteiger partial charge is 0.379 e. The number of carbonyl (C=O) groups is 1. The molecule has 1 aliphatic rings. The first-order valence-electron chi connectivity index (χ1n) is 10.6. The number of thiazole rings is 1. The first kappa shape index (κ1) is 27.4. The van der Waals surface area contributed by atoms with Crippen molar-refractivity contribution in [3.05, 3.63) is 53.6 Å². The molecule has 190 valence electrons. The van der Waals surface area contributed by atoms with E-state index < -0.39 is 27.6 Å². The van der Waals surface area contributed by atoms with E-state index in [9.17, 15) is 22.0 Å². The van der Waals surface area contributed by atoms with Crippen LogP contribution in [0.15, 0.2) is 41.3 Å². The molecule has 2 aromatic carbocycles. The fourth-order valence-corrected chi connectivity index (χ4v) is 5.94. The smallest absolute Gasteiger partial charge is 0.260 e. The summed E-state index contributed by atoms with van der Waals surface area (Å²) in [5.74, 6) is -1.93. The van der Waals surface area contributed by atoms with Crippen LogP contribution < -0.4 is 4.90 Å². The molecular weight excluding hydrogens is 522 g/mol. The van der Waals surface area contributed by atoms with Crippen molar-refractivity contribution in [2.45, 2.75) is 4.90 Å². The summed E-state index contributed by atoms with van der Waals surface area (Å²) in [5.41, 5.74) is 0.251. The summed E-state index contributed by atoms with van der Waals surface area (Å²) in [6, 6.07) is 7.63. The zero-order valence-corrected chi connectivity index (χ0v) is 21.6. The summed E-state index contributed by atoms with van der Waals surface area (Å²) in [7, 11) is 0.00684.